The number of aromatic nitrogens is 2. The Kier molecular flexibility index (Phi) is 3.46. The number of nitrogens with zero attached hydrogens (tertiary/aromatic N) is 1. The Hall–Kier alpha value is -2.83. The van der Waals surface area contributed by atoms with Crippen LogP contribution in [0.3, 0.4) is 0 Å². The Balaban J connectivity index is 2.15. The standard InChI is InChI=1S/C12H13N5O2/c1-14-11(18)7-3-2-4-8(5-7)15-12(19)9-6-10(13)17-16-9/h2-6H,1H3,(H,14,18)(H,15,19)(H3,13,16,17). The van der Waals surface area contributed by atoms with Gasteiger partial charge in [0.15, 0.2) is 0 Å². The van der Waals surface area contributed by atoms with E-state index in [9.17, 15) is 9.59 Å². The SMILES string of the molecule is CNC(=O)c1cccc(NC(=O)c2cc(N)n[nH]2)c1. The summed E-state index contributed by atoms with van der Waals surface area (Å²) in [4.78, 5) is 23.3. The van der Waals surface area contributed by atoms with Gasteiger partial charge in [0.05, 0.1) is 0 Å². The van der Waals surface area contributed by atoms with E-state index in [4.69, 9.17) is 5.73 Å². The normalized spacial score (nSPS) is 9.95. The molecule has 0 atom stereocenters. The number of rotatable bonds is 3. The number of H-pyrrole nitrogens is 1. The predicted octanol–water partition coefficient (Wildman–Crippen LogP) is 0.604. The third-order valence-electron chi connectivity index (χ3n) is 2.45. The molecule has 2 amide bonds. The zero-order valence-corrected chi connectivity index (χ0v) is 10.2. The Bertz CT molecular complexity index is 620. The average Bonchev–Trinajstić information content (AvgIpc) is 2.85. The summed E-state index contributed by atoms with van der Waals surface area (Å²) in [6, 6.07) is 8.03. The highest BCUT2D eigenvalue weighted by atomic mass is 16.2. The third-order valence-corrected chi connectivity index (χ3v) is 2.45. The van der Waals surface area contributed by atoms with Gasteiger partial charge in [-0.25, -0.2) is 0 Å². The van der Waals surface area contributed by atoms with Crippen LogP contribution in [0.15, 0.2) is 30.3 Å². The van der Waals surface area contributed by atoms with Crippen LogP contribution in [0, 0.1) is 0 Å². The van der Waals surface area contributed by atoms with E-state index in [0.717, 1.165) is 0 Å². The molecular formula is C12H13N5O2. The molecule has 0 aliphatic carbocycles. The first-order valence-electron chi connectivity index (χ1n) is 5.54. The van der Waals surface area contributed by atoms with Gasteiger partial charge < -0.3 is 16.4 Å². The fraction of sp³-hybridized carbons (Fsp3) is 0.0833. The van der Waals surface area contributed by atoms with Crippen LogP contribution in [0.2, 0.25) is 0 Å². The largest absolute Gasteiger partial charge is 0.382 e. The molecule has 2 aromatic rings. The van der Waals surface area contributed by atoms with Gasteiger partial charge in [0.1, 0.15) is 11.5 Å². The van der Waals surface area contributed by atoms with Gasteiger partial charge in [-0.15, -0.1) is 0 Å². The fourth-order valence-corrected chi connectivity index (χ4v) is 1.53. The molecule has 0 spiro atoms. The summed E-state index contributed by atoms with van der Waals surface area (Å²) in [6.45, 7) is 0. The molecule has 1 aromatic carbocycles. The first-order valence-corrected chi connectivity index (χ1v) is 5.54. The van der Waals surface area contributed by atoms with Crippen molar-refractivity contribution in [3.63, 3.8) is 0 Å². The van der Waals surface area contributed by atoms with E-state index in [0.29, 0.717) is 11.3 Å². The first-order chi connectivity index (χ1) is 9.10. The van der Waals surface area contributed by atoms with E-state index in [1.54, 1.807) is 31.3 Å². The monoisotopic (exact) mass is 259 g/mol. The van der Waals surface area contributed by atoms with Crippen molar-refractivity contribution in [2.75, 3.05) is 18.1 Å². The van der Waals surface area contributed by atoms with Gasteiger partial charge in [-0.2, -0.15) is 5.10 Å². The number of nitrogen functional groups attached to an aromatic ring is 1. The number of nitrogens with one attached hydrogen (secondary N) is 3. The third kappa shape index (κ3) is 2.89. The summed E-state index contributed by atoms with van der Waals surface area (Å²) in [6.07, 6.45) is 0. The Morgan fingerprint density at radius 2 is 2.05 bits per heavy atom. The van der Waals surface area contributed by atoms with Gasteiger partial charge in [-0.05, 0) is 18.2 Å². The Morgan fingerprint density at radius 3 is 2.68 bits per heavy atom. The van der Waals surface area contributed by atoms with Crippen LogP contribution in [0.25, 0.3) is 0 Å². The van der Waals surface area contributed by atoms with Crippen LogP contribution in [-0.4, -0.2) is 29.1 Å². The molecule has 0 radical (unpaired) electrons. The summed E-state index contributed by atoms with van der Waals surface area (Å²) in [7, 11) is 1.54. The number of nitrogens with two attached hydrogens (primary N) is 1. The van der Waals surface area contributed by atoms with Crippen molar-refractivity contribution in [1.29, 1.82) is 0 Å². The van der Waals surface area contributed by atoms with Crippen LogP contribution < -0.4 is 16.4 Å². The lowest BCUT2D eigenvalue weighted by Gasteiger charge is -2.05. The van der Waals surface area contributed by atoms with Crippen molar-refractivity contribution in [1.82, 2.24) is 15.5 Å². The number of hydrogen-bond acceptors (Lipinski definition) is 4. The molecule has 0 fully saturated rings. The maximum atomic E-state index is 11.8. The second-order valence-electron chi connectivity index (χ2n) is 3.82. The highest BCUT2D eigenvalue weighted by molar-refractivity contribution is 6.04. The van der Waals surface area contributed by atoms with Crippen molar-refractivity contribution in [3.05, 3.63) is 41.6 Å². The molecule has 7 heteroatoms. The molecular weight excluding hydrogens is 246 g/mol. The highest BCUT2D eigenvalue weighted by Gasteiger charge is 2.10. The Labute approximate surface area is 109 Å². The number of benzene rings is 1. The number of anilines is 2. The minimum atomic E-state index is -0.377. The maximum absolute atomic E-state index is 11.8. The number of aromatic amines is 1. The van der Waals surface area contributed by atoms with Gasteiger partial charge in [0.25, 0.3) is 11.8 Å². The molecule has 5 N–H and O–H groups in total. The highest BCUT2D eigenvalue weighted by Crippen LogP contribution is 2.12. The summed E-state index contributed by atoms with van der Waals surface area (Å²) in [5, 5.41) is 11.3. The number of hydrogen-bond donors (Lipinski definition) is 4. The van der Waals surface area contributed by atoms with Gasteiger partial charge in [-0.3, -0.25) is 14.7 Å². The topological polar surface area (TPSA) is 113 Å². The number of carbonyl (C=O) groups excluding carboxylic acids is 2. The molecule has 0 saturated heterocycles. The van der Waals surface area contributed by atoms with E-state index >= 15 is 0 Å². The van der Waals surface area contributed by atoms with Crippen molar-refractivity contribution >= 4 is 23.3 Å². The minimum absolute atomic E-state index is 0.220. The van der Waals surface area contributed by atoms with Crippen LogP contribution in [0.1, 0.15) is 20.8 Å². The van der Waals surface area contributed by atoms with Crippen molar-refractivity contribution in [2.24, 2.45) is 0 Å². The lowest BCUT2D eigenvalue weighted by atomic mass is 10.2. The average molecular weight is 259 g/mol. The van der Waals surface area contributed by atoms with Crippen LogP contribution in [0.5, 0.6) is 0 Å². The zero-order valence-electron chi connectivity index (χ0n) is 10.2. The molecule has 0 aliphatic heterocycles. The fourth-order valence-electron chi connectivity index (χ4n) is 1.53. The van der Waals surface area contributed by atoms with Crippen molar-refractivity contribution in [3.8, 4) is 0 Å². The molecule has 0 aliphatic rings. The summed E-state index contributed by atoms with van der Waals surface area (Å²) in [5.74, 6) is -0.357. The minimum Gasteiger partial charge on any atom is -0.382 e. The van der Waals surface area contributed by atoms with Crippen LogP contribution >= 0.6 is 0 Å². The lowest BCUT2D eigenvalue weighted by Crippen LogP contribution is -2.18. The quantitative estimate of drug-likeness (QED) is 0.646. The van der Waals surface area contributed by atoms with Crippen molar-refractivity contribution < 1.29 is 9.59 Å². The van der Waals surface area contributed by atoms with Gasteiger partial charge >= 0.3 is 0 Å². The van der Waals surface area contributed by atoms with Gasteiger partial charge in [0, 0.05) is 24.4 Å². The van der Waals surface area contributed by atoms with E-state index in [2.05, 4.69) is 20.8 Å². The van der Waals surface area contributed by atoms with E-state index < -0.39 is 0 Å². The molecule has 0 unspecified atom stereocenters. The Morgan fingerprint density at radius 1 is 1.26 bits per heavy atom. The molecule has 1 aromatic heterocycles. The molecule has 1 heterocycles. The van der Waals surface area contributed by atoms with E-state index in [1.165, 1.54) is 6.07 Å². The predicted molar refractivity (Wildman–Crippen MR) is 70.8 cm³/mol. The van der Waals surface area contributed by atoms with Crippen LogP contribution in [-0.2, 0) is 0 Å². The summed E-state index contributed by atoms with van der Waals surface area (Å²) < 4.78 is 0. The van der Waals surface area contributed by atoms with Gasteiger partial charge in [-0.1, -0.05) is 6.07 Å². The second kappa shape index (κ2) is 5.21. The lowest BCUT2D eigenvalue weighted by molar-refractivity contribution is 0.0961. The smallest absolute Gasteiger partial charge is 0.273 e. The van der Waals surface area contributed by atoms with Gasteiger partial charge in [0.2, 0.25) is 0 Å². The molecule has 0 saturated carbocycles. The molecule has 98 valence electrons. The van der Waals surface area contributed by atoms with Crippen LogP contribution in [0.4, 0.5) is 11.5 Å². The van der Waals surface area contributed by atoms with E-state index in [-0.39, 0.29) is 23.3 Å². The number of amides is 2. The summed E-state index contributed by atoms with van der Waals surface area (Å²) >= 11 is 0. The van der Waals surface area contributed by atoms with E-state index in [1.807, 2.05) is 0 Å². The molecule has 19 heavy (non-hydrogen) atoms. The molecule has 2 rings (SSSR count). The maximum Gasteiger partial charge on any atom is 0.273 e. The van der Waals surface area contributed by atoms with Crippen molar-refractivity contribution in [2.45, 2.75) is 0 Å². The molecule has 7 nitrogen and oxygen atoms in total. The number of carbonyl (C=O) groups is 2. The molecule has 0 bridgehead atoms. The summed E-state index contributed by atoms with van der Waals surface area (Å²) in [5.41, 5.74) is 6.64. The first kappa shape index (κ1) is 12.6. The zero-order chi connectivity index (χ0) is 13.8. The second-order valence-corrected chi connectivity index (χ2v) is 3.82.